The quantitative estimate of drug-likeness (QED) is 0.315. The molecule has 1 saturated heterocycles. The molecule has 0 spiro atoms. The Hall–Kier alpha value is -3.41. The van der Waals surface area contributed by atoms with Gasteiger partial charge >= 0.3 is 0 Å². The van der Waals surface area contributed by atoms with Crippen LogP contribution in [0.5, 0.6) is 11.5 Å². The van der Waals surface area contributed by atoms with Crippen LogP contribution in [0.2, 0.25) is 0 Å². The zero-order valence-electron chi connectivity index (χ0n) is 22.5. The van der Waals surface area contributed by atoms with Gasteiger partial charge in [-0.25, -0.2) is 13.4 Å². The molecule has 2 heterocycles. The molecule has 1 fully saturated rings. The van der Waals surface area contributed by atoms with Gasteiger partial charge in [-0.1, -0.05) is 12.1 Å². The van der Waals surface area contributed by atoms with Crippen LogP contribution >= 0.6 is 0 Å². The van der Waals surface area contributed by atoms with E-state index < -0.39 is 9.84 Å². The lowest BCUT2D eigenvalue weighted by molar-refractivity contribution is 0.0500. The van der Waals surface area contributed by atoms with Gasteiger partial charge in [0.15, 0.2) is 0 Å². The van der Waals surface area contributed by atoms with E-state index >= 15 is 0 Å². The van der Waals surface area contributed by atoms with Gasteiger partial charge in [-0.2, -0.15) is 0 Å². The molecule has 2 aromatic carbocycles. The molecule has 3 aromatic rings. The average Bonchev–Trinajstić information content (AvgIpc) is 3.61. The van der Waals surface area contributed by atoms with Gasteiger partial charge in [0.05, 0.1) is 51.1 Å². The number of imidazole rings is 1. The Balaban J connectivity index is 1.64. The van der Waals surface area contributed by atoms with Gasteiger partial charge in [0.25, 0.3) is 5.91 Å². The molecule has 10 nitrogen and oxygen atoms in total. The molecule has 1 aliphatic heterocycles. The number of hydrogen-bond acceptors (Lipinski definition) is 8. The van der Waals surface area contributed by atoms with Crippen molar-refractivity contribution >= 4 is 15.7 Å². The highest BCUT2D eigenvalue weighted by Crippen LogP contribution is 2.23. The molecule has 210 valence electrons. The van der Waals surface area contributed by atoms with Crippen LogP contribution in [-0.4, -0.2) is 76.0 Å². The maximum atomic E-state index is 13.6. The second kappa shape index (κ2) is 13.1. The minimum atomic E-state index is -3.82. The maximum Gasteiger partial charge on any atom is 0.254 e. The molecule has 1 atom stereocenters. The third-order valence-corrected chi connectivity index (χ3v) is 8.21. The van der Waals surface area contributed by atoms with Crippen molar-refractivity contribution in [3.63, 3.8) is 0 Å². The molecule has 1 amide bonds. The summed E-state index contributed by atoms with van der Waals surface area (Å²) in [5, 5.41) is -0.0636. The van der Waals surface area contributed by atoms with Crippen molar-refractivity contribution in [1.29, 1.82) is 0 Å². The number of nitrogens with zero attached hydrogens (tertiary/aromatic N) is 3. The largest absolute Gasteiger partial charge is 0.497 e. The first-order valence-electron chi connectivity index (χ1n) is 12.8. The summed E-state index contributed by atoms with van der Waals surface area (Å²) in [5.41, 5.74) is 1.69. The van der Waals surface area contributed by atoms with Gasteiger partial charge in [0, 0.05) is 32.4 Å². The molecule has 0 bridgehead atoms. The molecule has 11 heteroatoms. The van der Waals surface area contributed by atoms with Gasteiger partial charge < -0.3 is 28.4 Å². The second-order valence-electron chi connectivity index (χ2n) is 9.34. The number of benzene rings is 2. The molecule has 4 rings (SSSR count). The lowest BCUT2D eigenvalue weighted by Gasteiger charge is -2.26. The van der Waals surface area contributed by atoms with Crippen molar-refractivity contribution in [2.75, 3.05) is 41.1 Å². The summed E-state index contributed by atoms with van der Waals surface area (Å²) in [4.78, 5) is 19.6. The SMILES string of the molecule is COCCn1c(CN(CC2CCCO2)C(=O)c2ccc(OC)cc2)cnc1S(=O)(=O)Cc1cccc(OC)c1. The highest BCUT2D eigenvalue weighted by atomic mass is 32.2. The maximum absolute atomic E-state index is 13.6. The molecule has 0 aliphatic carbocycles. The summed E-state index contributed by atoms with van der Waals surface area (Å²) in [7, 11) is 0.841. The Morgan fingerprint density at radius 2 is 1.87 bits per heavy atom. The highest BCUT2D eigenvalue weighted by molar-refractivity contribution is 7.90. The smallest absolute Gasteiger partial charge is 0.254 e. The fourth-order valence-electron chi connectivity index (χ4n) is 4.60. The number of sulfone groups is 1. The predicted molar refractivity (Wildman–Crippen MR) is 145 cm³/mol. The van der Waals surface area contributed by atoms with Gasteiger partial charge in [-0.3, -0.25) is 4.79 Å². The molecule has 0 N–H and O–H groups in total. The Bertz CT molecular complexity index is 1350. The number of amides is 1. The first-order valence-corrected chi connectivity index (χ1v) is 14.4. The number of ether oxygens (including phenoxy) is 4. The molecule has 1 aliphatic rings. The monoisotopic (exact) mass is 557 g/mol. The second-order valence-corrected chi connectivity index (χ2v) is 11.2. The van der Waals surface area contributed by atoms with Crippen molar-refractivity contribution in [3.05, 3.63) is 71.5 Å². The molecule has 0 radical (unpaired) electrons. The van der Waals surface area contributed by atoms with Crippen LogP contribution in [0.3, 0.4) is 0 Å². The van der Waals surface area contributed by atoms with Crippen molar-refractivity contribution < 1.29 is 32.2 Å². The van der Waals surface area contributed by atoms with E-state index in [2.05, 4.69) is 4.98 Å². The number of hydrogen-bond donors (Lipinski definition) is 0. The molecule has 1 aromatic heterocycles. The zero-order valence-corrected chi connectivity index (χ0v) is 23.4. The third kappa shape index (κ3) is 7.17. The number of methoxy groups -OCH3 is 3. The first kappa shape index (κ1) is 28.6. The summed E-state index contributed by atoms with van der Waals surface area (Å²) >= 11 is 0. The predicted octanol–water partition coefficient (Wildman–Crippen LogP) is 3.34. The lowest BCUT2D eigenvalue weighted by Crippen LogP contribution is -2.37. The van der Waals surface area contributed by atoms with Gasteiger partial charge in [0.2, 0.25) is 15.0 Å². The molecule has 0 saturated carbocycles. The standard InChI is InChI=1S/C28H35N3O7S/c1-35-15-13-31-23(17-29-28(31)39(33,34)20-21-6-4-7-25(16-21)37-3)18-30(19-26-8-5-14-38-26)27(32)22-9-11-24(36-2)12-10-22/h4,6-7,9-12,16-17,26H,5,8,13-15,18-20H2,1-3H3. The summed E-state index contributed by atoms with van der Waals surface area (Å²) in [6.07, 6.45) is 3.24. The van der Waals surface area contributed by atoms with E-state index in [1.54, 1.807) is 72.2 Å². The number of aromatic nitrogens is 2. The normalized spacial score (nSPS) is 15.3. The minimum Gasteiger partial charge on any atom is -0.497 e. The third-order valence-electron chi connectivity index (χ3n) is 6.61. The van der Waals surface area contributed by atoms with Crippen LogP contribution in [0.25, 0.3) is 0 Å². The van der Waals surface area contributed by atoms with Crippen molar-refractivity contribution in [1.82, 2.24) is 14.5 Å². The van der Waals surface area contributed by atoms with Gasteiger partial charge in [-0.05, 0) is 54.8 Å². The Morgan fingerprint density at radius 3 is 2.54 bits per heavy atom. The van der Waals surface area contributed by atoms with E-state index in [1.807, 2.05) is 0 Å². The van der Waals surface area contributed by atoms with Crippen LogP contribution in [-0.2, 0) is 38.2 Å². The lowest BCUT2D eigenvalue weighted by atomic mass is 10.1. The molecular formula is C28H35N3O7S. The van der Waals surface area contributed by atoms with Crippen molar-refractivity contribution in [3.8, 4) is 11.5 Å². The molecular weight excluding hydrogens is 522 g/mol. The summed E-state index contributed by atoms with van der Waals surface area (Å²) in [6.45, 7) is 1.75. The zero-order chi connectivity index (χ0) is 27.8. The first-order chi connectivity index (χ1) is 18.8. The van der Waals surface area contributed by atoms with E-state index in [9.17, 15) is 13.2 Å². The number of carbonyl (C=O) groups is 1. The average molecular weight is 558 g/mol. The van der Waals surface area contributed by atoms with Crippen LogP contribution in [0.4, 0.5) is 0 Å². The highest BCUT2D eigenvalue weighted by Gasteiger charge is 2.28. The Labute approximate surface area is 229 Å². The van der Waals surface area contributed by atoms with Gasteiger partial charge in [-0.15, -0.1) is 0 Å². The van der Waals surface area contributed by atoms with E-state index in [0.717, 1.165) is 12.8 Å². The summed E-state index contributed by atoms with van der Waals surface area (Å²) in [6, 6.07) is 13.9. The fourth-order valence-corrected chi connectivity index (χ4v) is 6.10. The van der Waals surface area contributed by atoms with Crippen LogP contribution < -0.4 is 9.47 Å². The van der Waals surface area contributed by atoms with E-state index in [4.69, 9.17) is 18.9 Å². The minimum absolute atomic E-state index is 0.0636. The van der Waals surface area contributed by atoms with Crippen LogP contribution in [0.1, 0.15) is 34.5 Å². The van der Waals surface area contributed by atoms with E-state index in [-0.39, 0.29) is 42.6 Å². The summed E-state index contributed by atoms with van der Waals surface area (Å²) < 4.78 is 50.2. The Morgan fingerprint density at radius 1 is 1.10 bits per heavy atom. The van der Waals surface area contributed by atoms with E-state index in [1.165, 1.54) is 13.3 Å². The molecule has 1 unspecified atom stereocenters. The number of rotatable bonds is 13. The fraction of sp³-hybridized carbons (Fsp3) is 0.429. The van der Waals surface area contributed by atoms with E-state index in [0.29, 0.717) is 41.5 Å². The van der Waals surface area contributed by atoms with Crippen LogP contribution in [0, 0.1) is 0 Å². The molecule has 39 heavy (non-hydrogen) atoms. The van der Waals surface area contributed by atoms with Crippen molar-refractivity contribution in [2.24, 2.45) is 0 Å². The van der Waals surface area contributed by atoms with Gasteiger partial charge in [0.1, 0.15) is 11.5 Å². The summed E-state index contributed by atoms with van der Waals surface area (Å²) in [5.74, 6) is 0.806. The Kier molecular flexibility index (Phi) is 9.60. The van der Waals surface area contributed by atoms with Crippen LogP contribution in [0.15, 0.2) is 59.9 Å². The number of carbonyl (C=O) groups excluding carboxylic acids is 1. The van der Waals surface area contributed by atoms with Crippen molar-refractivity contribution in [2.45, 2.75) is 42.9 Å². The topological polar surface area (TPSA) is 109 Å².